The highest BCUT2D eigenvalue weighted by Gasteiger charge is 2.36. The van der Waals surface area contributed by atoms with Crippen LogP contribution in [0.15, 0.2) is 53.0 Å². The zero-order valence-corrected chi connectivity index (χ0v) is 21.3. The van der Waals surface area contributed by atoms with Crippen molar-refractivity contribution in [1.29, 1.82) is 0 Å². The lowest BCUT2D eigenvalue weighted by Gasteiger charge is -2.50. The fourth-order valence-electron chi connectivity index (χ4n) is 5.05. The number of aliphatic hydroxyl groups excluding tert-OH is 1. The molecule has 0 spiro atoms. The van der Waals surface area contributed by atoms with Gasteiger partial charge < -0.3 is 20.2 Å². The zero-order chi connectivity index (χ0) is 24.1. The van der Waals surface area contributed by atoms with E-state index in [9.17, 15) is 14.3 Å². The molecular formula is C26H34BrFN4O2. The van der Waals surface area contributed by atoms with Crippen molar-refractivity contribution in [3.63, 3.8) is 0 Å². The van der Waals surface area contributed by atoms with Crippen LogP contribution >= 0.6 is 15.9 Å². The van der Waals surface area contributed by atoms with Crippen LogP contribution in [0.4, 0.5) is 4.39 Å². The Morgan fingerprint density at radius 3 is 2.68 bits per heavy atom. The average Bonchev–Trinajstić information content (AvgIpc) is 2.83. The summed E-state index contributed by atoms with van der Waals surface area (Å²) in [5.74, 6) is -0.169. The standard InChI is InChI=1S/C26H34BrFN4O2/c1-30(26(34)24-4-2-3-5-25(24)27)15-20(19-6-8-21(28)9-7-19)10-12-31-16-23(17-31)32-13-11-29-14-22(32)18-33/h2-9,20,22-23,29,33H,10-18H2,1H3. The van der Waals surface area contributed by atoms with Gasteiger partial charge in [0.05, 0.1) is 12.2 Å². The van der Waals surface area contributed by atoms with Crippen LogP contribution in [0.1, 0.15) is 28.3 Å². The van der Waals surface area contributed by atoms with Crippen LogP contribution in [-0.2, 0) is 0 Å². The number of hydrogen-bond donors (Lipinski definition) is 2. The average molecular weight is 533 g/mol. The Morgan fingerprint density at radius 2 is 1.97 bits per heavy atom. The van der Waals surface area contributed by atoms with Crippen molar-refractivity contribution in [1.82, 2.24) is 20.0 Å². The summed E-state index contributed by atoms with van der Waals surface area (Å²) in [7, 11) is 1.83. The summed E-state index contributed by atoms with van der Waals surface area (Å²) in [5.41, 5.74) is 1.69. The van der Waals surface area contributed by atoms with Crippen LogP contribution in [0, 0.1) is 5.82 Å². The molecule has 6 nitrogen and oxygen atoms in total. The number of nitrogens with zero attached hydrogens (tertiary/aromatic N) is 3. The van der Waals surface area contributed by atoms with Crippen LogP contribution in [-0.4, -0.2) is 97.3 Å². The van der Waals surface area contributed by atoms with Crippen LogP contribution in [0.5, 0.6) is 0 Å². The molecule has 2 aromatic rings. The third-order valence-corrected chi connectivity index (χ3v) is 7.79. The molecule has 2 aromatic carbocycles. The maximum absolute atomic E-state index is 13.6. The van der Waals surface area contributed by atoms with Crippen LogP contribution in [0.3, 0.4) is 0 Å². The molecule has 0 aliphatic carbocycles. The van der Waals surface area contributed by atoms with Gasteiger partial charge in [0, 0.05) is 68.8 Å². The molecule has 0 saturated carbocycles. The Morgan fingerprint density at radius 1 is 1.24 bits per heavy atom. The van der Waals surface area contributed by atoms with E-state index in [1.54, 1.807) is 4.90 Å². The highest BCUT2D eigenvalue weighted by atomic mass is 79.9. The first-order valence-corrected chi connectivity index (χ1v) is 12.8. The minimum Gasteiger partial charge on any atom is -0.395 e. The quantitative estimate of drug-likeness (QED) is 0.520. The van der Waals surface area contributed by atoms with Gasteiger partial charge in [-0.25, -0.2) is 4.39 Å². The molecule has 2 atom stereocenters. The Labute approximate surface area is 209 Å². The van der Waals surface area contributed by atoms with Gasteiger partial charge in [-0.05, 0) is 58.7 Å². The summed E-state index contributed by atoms with van der Waals surface area (Å²) in [6, 6.07) is 14.8. The van der Waals surface area contributed by atoms with Crippen molar-refractivity contribution in [3.8, 4) is 0 Å². The fourth-order valence-corrected chi connectivity index (χ4v) is 5.51. The third-order valence-electron chi connectivity index (χ3n) is 7.09. The molecule has 34 heavy (non-hydrogen) atoms. The van der Waals surface area contributed by atoms with Crippen molar-refractivity contribution in [2.45, 2.75) is 24.4 Å². The normalized spacial score (nSPS) is 20.6. The van der Waals surface area contributed by atoms with Crippen LogP contribution < -0.4 is 5.32 Å². The smallest absolute Gasteiger partial charge is 0.254 e. The number of halogens is 2. The van der Waals surface area contributed by atoms with Gasteiger partial charge in [0.25, 0.3) is 5.91 Å². The number of carbonyl (C=O) groups is 1. The van der Waals surface area contributed by atoms with Crippen LogP contribution in [0.25, 0.3) is 0 Å². The molecule has 2 fully saturated rings. The minimum absolute atomic E-state index is 0.0302. The van der Waals surface area contributed by atoms with Gasteiger partial charge in [0.1, 0.15) is 5.82 Å². The summed E-state index contributed by atoms with van der Waals surface area (Å²) in [6.45, 7) is 6.46. The third kappa shape index (κ3) is 6.04. The molecule has 0 bridgehead atoms. The topological polar surface area (TPSA) is 59.1 Å². The number of rotatable bonds is 9. The van der Waals surface area contributed by atoms with E-state index in [0.29, 0.717) is 18.2 Å². The molecule has 2 saturated heterocycles. The molecule has 2 unspecified atom stereocenters. The Balaban J connectivity index is 1.36. The van der Waals surface area contributed by atoms with E-state index >= 15 is 0 Å². The van der Waals surface area contributed by atoms with Crippen molar-refractivity contribution in [2.24, 2.45) is 0 Å². The Hall–Kier alpha value is -1.84. The number of carbonyl (C=O) groups excluding carboxylic acids is 1. The first-order chi connectivity index (χ1) is 16.5. The largest absolute Gasteiger partial charge is 0.395 e. The summed E-state index contributed by atoms with van der Waals surface area (Å²) >= 11 is 3.48. The van der Waals surface area contributed by atoms with Gasteiger partial charge in [-0.2, -0.15) is 0 Å². The molecule has 0 radical (unpaired) electrons. The monoisotopic (exact) mass is 532 g/mol. The Bertz CT molecular complexity index is 954. The highest BCUT2D eigenvalue weighted by Crippen LogP contribution is 2.26. The number of nitrogens with one attached hydrogen (secondary N) is 1. The van der Waals surface area contributed by atoms with Gasteiger partial charge in [0.15, 0.2) is 0 Å². The first-order valence-electron chi connectivity index (χ1n) is 12.0. The van der Waals surface area contributed by atoms with Gasteiger partial charge in [-0.3, -0.25) is 9.69 Å². The van der Waals surface area contributed by atoms with Gasteiger partial charge in [-0.15, -0.1) is 0 Å². The number of likely N-dealkylation sites (N-methyl/N-ethyl adjacent to an activating group) is 1. The van der Waals surface area contributed by atoms with Crippen LogP contribution in [0.2, 0.25) is 0 Å². The summed E-state index contributed by atoms with van der Waals surface area (Å²) in [4.78, 5) is 19.7. The SMILES string of the molecule is CN(CC(CCN1CC(N2CCNCC2CO)C1)c1ccc(F)cc1)C(=O)c1ccccc1Br. The minimum atomic E-state index is -0.250. The Kier molecular flexibility index (Phi) is 8.71. The van der Waals surface area contributed by atoms with Crippen molar-refractivity contribution >= 4 is 21.8 Å². The fraction of sp³-hybridized carbons (Fsp3) is 0.500. The van der Waals surface area contributed by atoms with E-state index in [4.69, 9.17) is 0 Å². The van der Waals surface area contributed by atoms with E-state index in [-0.39, 0.29) is 30.3 Å². The molecule has 0 aromatic heterocycles. The second-order valence-corrected chi connectivity index (χ2v) is 10.2. The maximum Gasteiger partial charge on any atom is 0.254 e. The molecule has 2 aliphatic rings. The molecule has 2 heterocycles. The lowest BCUT2D eigenvalue weighted by Crippen LogP contribution is -2.66. The van der Waals surface area contributed by atoms with Gasteiger partial charge >= 0.3 is 0 Å². The molecule has 2 N–H and O–H groups in total. The van der Waals surface area contributed by atoms with Crippen molar-refractivity contribution in [2.75, 3.05) is 59.5 Å². The molecule has 1 amide bonds. The van der Waals surface area contributed by atoms with Crippen molar-refractivity contribution in [3.05, 3.63) is 69.9 Å². The molecular weight excluding hydrogens is 499 g/mol. The number of hydrogen-bond acceptors (Lipinski definition) is 5. The number of amides is 1. The number of piperazine rings is 1. The number of aliphatic hydroxyl groups is 1. The predicted molar refractivity (Wildman–Crippen MR) is 136 cm³/mol. The molecule has 8 heteroatoms. The first kappa shape index (κ1) is 25.3. The summed E-state index contributed by atoms with van der Waals surface area (Å²) in [6.07, 6.45) is 0.886. The van der Waals surface area contributed by atoms with Gasteiger partial charge in [0.2, 0.25) is 0 Å². The number of likely N-dealkylation sites (tertiary alicyclic amines) is 1. The predicted octanol–water partition coefficient (Wildman–Crippen LogP) is 2.78. The zero-order valence-electron chi connectivity index (χ0n) is 19.7. The lowest BCUT2D eigenvalue weighted by atomic mass is 9.93. The second kappa shape index (κ2) is 11.7. The van der Waals surface area contributed by atoms with Gasteiger partial charge in [-0.1, -0.05) is 24.3 Å². The number of benzene rings is 2. The molecule has 2 aliphatic heterocycles. The summed E-state index contributed by atoms with van der Waals surface area (Å²) < 4.78 is 14.3. The van der Waals surface area contributed by atoms with E-state index in [2.05, 4.69) is 31.0 Å². The van der Waals surface area contributed by atoms with E-state index < -0.39 is 0 Å². The van der Waals surface area contributed by atoms with E-state index in [0.717, 1.165) is 55.7 Å². The highest BCUT2D eigenvalue weighted by molar-refractivity contribution is 9.10. The van der Waals surface area contributed by atoms with E-state index in [1.807, 2.05) is 43.4 Å². The second-order valence-electron chi connectivity index (χ2n) is 9.39. The van der Waals surface area contributed by atoms with Crippen molar-refractivity contribution < 1.29 is 14.3 Å². The lowest BCUT2D eigenvalue weighted by molar-refractivity contribution is -0.0180. The summed E-state index contributed by atoms with van der Waals surface area (Å²) in [5, 5.41) is 13.0. The molecule has 4 rings (SSSR count). The molecule has 184 valence electrons. The van der Waals surface area contributed by atoms with E-state index in [1.165, 1.54) is 12.1 Å². The maximum atomic E-state index is 13.6.